The molecule has 11 rings (SSSR count). The van der Waals surface area contributed by atoms with E-state index in [2.05, 4.69) is 68.1 Å². The predicted octanol–water partition coefficient (Wildman–Crippen LogP) is 14.6. The van der Waals surface area contributed by atoms with Gasteiger partial charge in [-0.25, -0.2) is 4.98 Å². The number of aryl methyl sites for hydroxylation is 1. The number of hydrogen-bond donors (Lipinski definition) is 0. The van der Waals surface area contributed by atoms with Crippen LogP contribution in [-0.4, -0.2) is 14.1 Å². The lowest BCUT2D eigenvalue weighted by molar-refractivity contribution is -0.571. The van der Waals surface area contributed by atoms with Crippen molar-refractivity contribution in [3.05, 3.63) is 224 Å². The lowest BCUT2D eigenvalue weighted by Crippen LogP contribution is -2.32. The second-order valence-corrected chi connectivity index (χ2v) is 16.5. The minimum absolute atomic E-state index is 0.0199. The molecule has 0 saturated carbocycles. The Balaban J connectivity index is 1.12. The van der Waals surface area contributed by atoms with Crippen LogP contribution < -0.4 is 9.30 Å². The van der Waals surface area contributed by atoms with Gasteiger partial charge in [-0.15, -0.1) is 0 Å². The van der Waals surface area contributed by atoms with Crippen LogP contribution in [0.3, 0.4) is 0 Å². The van der Waals surface area contributed by atoms with Gasteiger partial charge in [0.1, 0.15) is 17.3 Å². The number of aromatic nitrogens is 4. The number of fused-ring (bicyclic) bond motifs is 4. The maximum absolute atomic E-state index is 9.08. The van der Waals surface area contributed by atoms with Crippen LogP contribution in [0.1, 0.15) is 49.7 Å². The van der Waals surface area contributed by atoms with E-state index in [1.165, 1.54) is 28.8 Å². The first-order valence-electron chi connectivity index (χ1n) is 27.3. The highest BCUT2D eigenvalue weighted by molar-refractivity contribution is 6.10. The van der Waals surface area contributed by atoms with Crippen LogP contribution in [0.4, 0.5) is 0 Å². The zero-order valence-electron chi connectivity index (χ0n) is 48.1. The molecule has 0 unspecified atom stereocenters. The molecule has 0 aliphatic carbocycles. The average molecular weight is 840 g/mol. The molecule has 0 atom stereocenters. The molecular formula is C59H46N4O. The van der Waals surface area contributed by atoms with Gasteiger partial charge in [0.2, 0.25) is 0 Å². The Labute approximate surface area is 392 Å². The van der Waals surface area contributed by atoms with Crippen LogP contribution in [0.2, 0.25) is 0 Å². The molecule has 0 fully saturated rings. The van der Waals surface area contributed by atoms with Gasteiger partial charge in [0.05, 0.1) is 47.1 Å². The van der Waals surface area contributed by atoms with Crippen molar-refractivity contribution in [3.8, 4) is 62.1 Å². The van der Waals surface area contributed by atoms with Crippen molar-refractivity contribution in [2.45, 2.75) is 33.0 Å². The van der Waals surface area contributed by atoms with Crippen LogP contribution in [0.25, 0.3) is 83.4 Å². The standard InChI is InChI=1S/C59H46N4O/c1-40-17-14-28-54-57(40)62(58-49(42-20-10-6-11-21-42)26-16-27-50(58)43-22-12-7-13-23-43)39-61(54)46-24-15-25-47(37-46)64-48-30-31-51-52-35-44(41-18-8-5-9-19-41)29-32-53(52)63(55(51)38-48)56-36-45(33-34-60-56)59(2,3)4/h5-38H,1-4H3/i1D3,6D,7D,10D,11D,12D,13D,20D,21D,22D,23D. The van der Waals surface area contributed by atoms with E-state index in [-0.39, 0.29) is 44.4 Å². The van der Waals surface area contributed by atoms with E-state index < -0.39 is 67.3 Å². The van der Waals surface area contributed by atoms with Crippen molar-refractivity contribution in [1.82, 2.24) is 14.1 Å². The van der Waals surface area contributed by atoms with Crippen LogP contribution >= 0.6 is 0 Å². The van der Waals surface area contributed by atoms with Crippen LogP contribution in [0.15, 0.2) is 206 Å². The van der Waals surface area contributed by atoms with E-state index >= 15 is 0 Å². The first-order chi connectivity index (χ1) is 36.6. The highest BCUT2D eigenvalue weighted by Crippen LogP contribution is 2.39. The van der Waals surface area contributed by atoms with Crippen LogP contribution in [0.5, 0.6) is 11.5 Å². The molecule has 11 aromatic rings. The van der Waals surface area contributed by atoms with Gasteiger partial charge in [-0.2, -0.15) is 0 Å². The SMILES string of the molecule is [2H]c1c([2H])c([2H])c(-c2cccc(-c3c([2H])c([2H])c([2H])c([2H])c3[2H])c2-[n+]2[c-]n(-c3cccc(Oc4ccc5c6cc(-c7ccccc7)ccc6n(-c6cc(C(C)(C)C)ccn6)c5c4)c3)c3cccc(C([2H])([2H])[2H])c32)c([2H])c1[2H]. The predicted molar refractivity (Wildman–Crippen MR) is 262 cm³/mol. The Kier molecular flexibility index (Phi) is 6.66. The molecule has 64 heavy (non-hydrogen) atoms. The normalized spacial score (nSPS) is 14.8. The van der Waals surface area contributed by atoms with Crippen LogP contribution in [0, 0.1) is 13.2 Å². The molecule has 0 N–H and O–H groups in total. The number of ether oxygens (including phenoxy) is 1. The Morgan fingerprint density at radius 1 is 0.594 bits per heavy atom. The number of hydrogen-bond acceptors (Lipinski definition) is 2. The summed E-state index contributed by atoms with van der Waals surface area (Å²) in [6.45, 7) is 3.73. The number of imidazole rings is 1. The fourth-order valence-electron chi connectivity index (χ4n) is 8.42. The molecule has 0 aliphatic heterocycles. The van der Waals surface area contributed by atoms with Gasteiger partial charge in [-0.05, 0) is 111 Å². The monoisotopic (exact) mass is 839 g/mol. The zero-order chi connectivity index (χ0) is 54.6. The largest absolute Gasteiger partial charge is 0.458 e. The second-order valence-electron chi connectivity index (χ2n) is 16.5. The van der Waals surface area contributed by atoms with Crippen molar-refractivity contribution in [2.75, 3.05) is 0 Å². The summed E-state index contributed by atoms with van der Waals surface area (Å²) in [5, 5.41) is 2.01. The van der Waals surface area contributed by atoms with Gasteiger partial charge in [-0.1, -0.05) is 160 Å². The minimum Gasteiger partial charge on any atom is -0.458 e. The molecule has 308 valence electrons. The van der Waals surface area contributed by atoms with Crippen LogP contribution in [-0.2, 0) is 5.41 Å². The second kappa shape index (κ2) is 15.7. The van der Waals surface area contributed by atoms with Gasteiger partial charge < -0.3 is 4.74 Å². The van der Waals surface area contributed by atoms with Gasteiger partial charge >= 0.3 is 0 Å². The van der Waals surface area contributed by atoms with E-state index in [4.69, 9.17) is 27.5 Å². The summed E-state index contributed by atoms with van der Waals surface area (Å²) in [7, 11) is 0. The Morgan fingerprint density at radius 3 is 2.05 bits per heavy atom. The Bertz CT molecular complexity index is 4090. The maximum atomic E-state index is 9.08. The fraction of sp³-hybridized carbons (Fsp3) is 0.0847. The number of benzene rings is 8. The average Bonchev–Trinajstić information content (AvgIpc) is 4.08. The summed E-state index contributed by atoms with van der Waals surface area (Å²) < 4.78 is 126. The molecule has 0 saturated heterocycles. The van der Waals surface area contributed by atoms with E-state index in [1.54, 1.807) is 41.0 Å². The number of rotatable bonds is 8. The van der Waals surface area contributed by atoms with Crippen molar-refractivity contribution in [2.24, 2.45) is 0 Å². The van der Waals surface area contributed by atoms with Gasteiger partial charge in [-0.3, -0.25) is 13.7 Å². The van der Waals surface area contributed by atoms with Crippen molar-refractivity contribution in [1.29, 1.82) is 0 Å². The summed E-state index contributed by atoms with van der Waals surface area (Å²) in [5.41, 5.74) is 4.97. The van der Waals surface area contributed by atoms with Crippen molar-refractivity contribution < 1.29 is 27.1 Å². The molecule has 0 spiro atoms. The molecule has 3 heterocycles. The van der Waals surface area contributed by atoms with Gasteiger partial charge in [0.25, 0.3) is 6.33 Å². The topological polar surface area (TPSA) is 35.9 Å². The summed E-state index contributed by atoms with van der Waals surface area (Å²) in [4.78, 5) is 4.88. The van der Waals surface area contributed by atoms with E-state index in [1.807, 2.05) is 48.7 Å². The van der Waals surface area contributed by atoms with Crippen molar-refractivity contribution >= 4 is 32.8 Å². The maximum Gasteiger partial charge on any atom is 0.269 e. The quantitative estimate of drug-likeness (QED) is 0.113. The molecule has 0 amide bonds. The smallest absolute Gasteiger partial charge is 0.269 e. The number of nitrogens with zero attached hydrogens (tertiary/aromatic N) is 4. The molecule has 3 aromatic heterocycles. The molecule has 5 nitrogen and oxygen atoms in total. The first kappa shape index (κ1) is 27.1. The molecule has 0 bridgehead atoms. The van der Waals surface area contributed by atoms with Gasteiger partial charge in [0.15, 0.2) is 0 Å². The van der Waals surface area contributed by atoms with Crippen molar-refractivity contribution in [3.63, 3.8) is 0 Å². The summed E-state index contributed by atoms with van der Waals surface area (Å²) in [5.74, 6) is 1.65. The van der Waals surface area contributed by atoms with E-state index in [9.17, 15) is 0 Å². The minimum atomic E-state index is -2.76. The highest BCUT2D eigenvalue weighted by atomic mass is 16.5. The molecular weight excluding hydrogens is 781 g/mol. The summed E-state index contributed by atoms with van der Waals surface area (Å²) in [6.07, 6.45) is 5.14. The molecule has 8 aromatic carbocycles. The van der Waals surface area contributed by atoms with E-state index in [0.717, 1.165) is 44.3 Å². The Hall–Kier alpha value is -8.02. The first-order valence-corrected chi connectivity index (χ1v) is 20.8. The molecule has 0 radical (unpaired) electrons. The lowest BCUT2D eigenvalue weighted by atomic mass is 9.88. The number of para-hydroxylation sites is 2. The molecule has 5 heteroatoms. The number of pyridine rings is 1. The lowest BCUT2D eigenvalue weighted by Gasteiger charge is -2.20. The fourth-order valence-corrected chi connectivity index (χ4v) is 8.42. The zero-order valence-corrected chi connectivity index (χ0v) is 35.1. The Morgan fingerprint density at radius 2 is 1.31 bits per heavy atom. The van der Waals surface area contributed by atoms with Gasteiger partial charge in [0, 0.05) is 27.1 Å². The summed E-state index contributed by atoms with van der Waals surface area (Å²) in [6, 6.07) is 36.7. The summed E-state index contributed by atoms with van der Waals surface area (Å²) >= 11 is 0. The van der Waals surface area contributed by atoms with E-state index in [0.29, 0.717) is 22.7 Å². The third-order valence-corrected chi connectivity index (χ3v) is 11.5. The molecule has 0 aliphatic rings. The third-order valence-electron chi connectivity index (χ3n) is 11.5. The highest BCUT2D eigenvalue weighted by Gasteiger charge is 2.22. The third kappa shape index (κ3) is 6.92.